The number of phosphoric acid groups is 1. The van der Waals surface area contributed by atoms with Gasteiger partial charge in [-0.1, -0.05) is 115 Å². The van der Waals surface area contributed by atoms with Gasteiger partial charge in [-0.25, -0.2) is 9.36 Å². The zero-order valence-corrected chi connectivity index (χ0v) is 59.5. The Kier molecular flexibility index (Phi) is 25.3. The number of carbonyl (C=O) groups is 6. The molecule has 510 valence electrons. The third-order valence-corrected chi connectivity index (χ3v) is 20.7. The third kappa shape index (κ3) is 19.7. The van der Waals surface area contributed by atoms with Crippen LogP contribution < -0.4 is 10.2 Å². The maximum Gasteiger partial charge on any atom is 0.472 e. The molecule has 3 unspecified atom stereocenters. The van der Waals surface area contributed by atoms with Crippen LogP contribution in [0.4, 0.5) is 11.4 Å². The van der Waals surface area contributed by atoms with E-state index >= 15 is 0 Å². The Morgan fingerprint density at radius 1 is 0.787 bits per heavy atom. The number of anilines is 1. The monoisotopic (exact) mass is 1420 g/mol. The Morgan fingerprint density at radius 2 is 1.41 bits per heavy atom. The van der Waals surface area contributed by atoms with Crippen LogP contribution in [0.3, 0.4) is 0 Å². The molecule has 4 aromatic carbocycles. The van der Waals surface area contributed by atoms with Crippen molar-refractivity contribution in [2.45, 2.75) is 126 Å². The summed E-state index contributed by atoms with van der Waals surface area (Å²) in [6.45, 7) is 13.7. The number of unbranched alkanes of at least 4 members (excludes halogenated alkanes) is 3. The van der Waals surface area contributed by atoms with Gasteiger partial charge in [0, 0.05) is 66.1 Å². The average Bonchev–Trinajstić information content (AvgIpc) is 1.58. The number of carboxylic acids is 1. The number of nitrogens with one attached hydrogen (secondary N) is 1. The molecule has 0 saturated carbocycles. The summed E-state index contributed by atoms with van der Waals surface area (Å²) in [6.07, 6.45) is 16.9. The number of hydrogen-bond donors (Lipinski definition) is 4. The van der Waals surface area contributed by atoms with E-state index in [1.165, 1.54) is 28.8 Å². The number of thioether (sulfide) groups is 1. The number of phosphoric ester groups is 1. The number of halogens is 1. The lowest BCUT2D eigenvalue weighted by molar-refractivity contribution is -0.870. The first-order valence-corrected chi connectivity index (χ1v) is 36.6. The van der Waals surface area contributed by atoms with E-state index in [1.54, 1.807) is 13.8 Å². The Hall–Kier alpha value is -6.34. The minimum Gasteiger partial charge on any atom is -0.480 e. The fraction of sp³-hybridized carbons (Fsp3) is 0.493. The number of imide groups is 1. The maximum atomic E-state index is 13.4. The minimum absolute atomic E-state index is 0.0293. The van der Waals surface area contributed by atoms with E-state index in [2.05, 4.69) is 125 Å². The molecule has 4 N–H and O–H groups in total. The van der Waals surface area contributed by atoms with Crippen molar-refractivity contribution in [2.75, 3.05) is 90.2 Å². The number of quaternary nitrogens is 1. The number of carbonyl (C=O) groups excluding carboxylic acids is 5. The van der Waals surface area contributed by atoms with Crippen LogP contribution in [-0.4, -0.2) is 179 Å². The molecule has 3 amide bonds. The van der Waals surface area contributed by atoms with Crippen LogP contribution in [0.15, 0.2) is 121 Å². The van der Waals surface area contributed by atoms with E-state index < -0.39 is 81.2 Å². The van der Waals surface area contributed by atoms with Crippen molar-refractivity contribution in [1.82, 2.24) is 10.2 Å². The first-order valence-electron chi connectivity index (χ1n) is 31.6. The van der Waals surface area contributed by atoms with Crippen LogP contribution in [0.2, 0.25) is 0 Å². The number of hydrogen-bond acceptors (Lipinski definition) is 15. The van der Waals surface area contributed by atoms with Gasteiger partial charge >= 0.3 is 25.7 Å². The quantitative estimate of drug-likeness (QED) is 0.00383. The van der Waals surface area contributed by atoms with Crippen LogP contribution in [0, 0.1) is 5.41 Å². The van der Waals surface area contributed by atoms with Crippen molar-refractivity contribution in [1.29, 1.82) is 0 Å². The number of likely N-dealkylation sites (N-methyl/N-ethyl adjacent to an activating group) is 1. The summed E-state index contributed by atoms with van der Waals surface area (Å²) in [5.74, 6) is -4.81. The van der Waals surface area contributed by atoms with Crippen molar-refractivity contribution in [2.24, 2.45) is 5.41 Å². The standard InChI is InChI=1S/C69H89BrN5O16PS2/c1-66(2,47-69(7,70)65(82)89-42-43-91-92(83,84)90-41-39-75(8,9)10)64(81)88-40-38-74-59(77)45-55(62(74)78)93-46-52(63(79)80)71-58(76)31-17-14-22-36-72-53-34-32-48-25-18-20-27-50(48)60(53)67(3,4)56(72)29-15-12-11-13-16-30-57-68(5,6)61-51-28-21-19-26-49(51)33-35-54(61)73(57)37-23-24-44-94(85,86)87/h11-13,15-16,18-21,25-30,32-35,52,55H,14,17,22-24,31,36-47H2,1-10H3,(H2-2,71,76,79,80,83,84,85,86,87)/p+2/t52-,55?,69?/m0/s1. The smallest absolute Gasteiger partial charge is 0.472 e. The number of alkyl halides is 1. The number of carboxylic acid groups (broad SMARTS) is 1. The number of allylic oxidation sites excluding steroid dienone is 8. The molecule has 0 bridgehead atoms. The van der Waals surface area contributed by atoms with Gasteiger partial charge in [0.05, 0.1) is 56.1 Å². The molecule has 3 aliphatic heterocycles. The molecule has 3 aliphatic rings. The molecule has 21 nitrogen and oxygen atoms in total. The number of fused-ring (bicyclic) bond motifs is 6. The van der Waals surface area contributed by atoms with Crippen molar-refractivity contribution in [3.63, 3.8) is 0 Å². The summed E-state index contributed by atoms with van der Waals surface area (Å²) >= 11 is 4.28. The van der Waals surface area contributed by atoms with Gasteiger partial charge in [-0.05, 0) is 112 Å². The van der Waals surface area contributed by atoms with Gasteiger partial charge in [0.2, 0.25) is 23.4 Å². The van der Waals surface area contributed by atoms with Gasteiger partial charge in [0.15, 0.2) is 5.71 Å². The number of ether oxygens (including phenoxy) is 2. The number of aliphatic carboxylic acids is 1. The number of amides is 3. The second-order valence-electron chi connectivity index (χ2n) is 26.8. The highest BCUT2D eigenvalue weighted by atomic mass is 79.9. The molecule has 0 radical (unpaired) electrons. The predicted molar refractivity (Wildman–Crippen MR) is 370 cm³/mol. The van der Waals surface area contributed by atoms with Crippen LogP contribution in [0.5, 0.6) is 0 Å². The molecule has 1 saturated heterocycles. The lowest BCUT2D eigenvalue weighted by atomic mass is 9.79. The second kappa shape index (κ2) is 31.7. The van der Waals surface area contributed by atoms with Crippen LogP contribution in [-0.2, 0) is 72.8 Å². The largest absolute Gasteiger partial charge is 0.480 e. The first-order chi connectivity index (χ1) is 44.0. The molecule has 25 heteroatoms. The lowest BCUT2D eigenvalue weighted by Gasteiger charge is -2.30. The zero-order chi connectivity index (χ0) is 69.0. The van der Waals surface area contributed by atoms with Crippen molar-refractivity contribution >= 4 is 120 Å². The molecular formula is C69H91BrN5O16PS2+2. The van der Waals surface area contributed by atoms with Crippen molar-refractivity contribution < 1.29 is 83.9 Å². The molecule has 3 heterocycles. The fourth-order valence-electron chi connectivity index (χ4n) is 12.3. The number of rotatable bonds is 35. The zero-order valence-electron chi connectivity index (χ0n) is 55.4. The number of nitrogens with zero attached hydrogens (tertiary/aromatic N) is 4. The van der Waals surface area contributed by atoms with Gasteiger partial charge in [0.25, 0.3) is 10.1 Å². The average molecular weight is 1420 g/mol. The van der Waals surface area contributed by atoms with Crippen molar-refractivity contribution in [3.8, 4) is 0 Å². The Balaban J connectivity index is 0.887. The molecule has 1 fully saturated rings. The topological polar surface area (TPSA) is 273 Å². The van der Waals surface area contributed by atoms with Crippen LogP contribution in [0.25, 0.3) is 21.5 Å². The Morgan fingerprint density at radius 3 is 2.09 bits per heavy atom. The van der Waals surface area contributed by atoms with Gasteiger partial charge in [-0.2, -0.15) is 13.0 Å². The third-order valence-electron chi connectivity index (χ3n) is 17.0. The second-order valence-corrected chi connectivity index (χ2v) is 32.8. The highest BCUT2D eigenvalue weighted by molar-refractivity contribution is 9.10. The molecule has 0 aromatic heterocycles. The maximum absolute atomic E-state index is 13.4. The van der Waals surface area contributed by atoms with E-state index in [9.17, 15) is 56.3 Å². The summed E-state index contributed by atoms with van der Waals surface area (Å²) in [7, 11) is -2.77. The molecule has 0 spiro atoms. The SMILES string of the molecule is CC(C)(CC(C)(Br)C(=O)OCCOP(=O)(O)OCC[N+](C)(C)C)C(=O)OCCN1C(=O)CC(SC[C@H](NC(=O)CCCCC[N+]2=C(C=CC=CC=CC=C3N(CCCCS(=O)(=O)O)c4ccc5ccccc5c4C3(C)C)C(C)(C)c3c2ccc2ccccc32)C(=O)O)C1=O. The molecule has 94 heavy (non-hydrogen) atoms. The van der Waals surface area contributed by atoms with E-state index in [-0.39, 0.29) is 68.0 Å². The number of likely N-dealkylation sites (tertiary alicyclic amines) is 1. The summed E-state index contributed by atoms with van der Waals surface area (Å²) in [4.78, 5) is 91.5. The minimum atomic E-state index is -4.38. The van der Waals surface area contributed by atoms with Gasteiger partial charge in [0.1, 0.15) is 43.3 Å². The van der Waals surface area contributed by atoms with E-state index in [0.717, 1.165) is 56.6 Å². The van der Waals surface area contributed by atoms with E-state index in [1.807, 2.05) is 69.7 Å². The molecule has 0 aliphatic carbocycles. The summed E-state index contributed by atoms with van der Waals surface area (Å²) in [6, 6.07) is 23.9. The molecular weight excluding hydrogens is 1330 g/mol. The van der Waals surface area contributed by atoms with E-state index in [4.69, 9.17) is 18.5 Å². The summed E-state index contributed by atoms with van der Waals surface area (Å²) in [5.41, 5.74) is 4.83. The highest BCUT2D eigenvalue weighted by Gasteiger charge is 2.47. The molecule has 4 atom stereocenters. The number of benzene rings is 4. The highest BCUT2D eigenvalue weighted by Crippen LogP contribution is 2.51. The fourth-order valence-corrected chi connectivity index (χ4v) is 15.6. The normalized spacial score (nSPS) is 18.6. The first kappa shape index (κ1) is 75.0. The van der Waals surface area contributed by atoms with Crippen molar-refractivity contribution in [3.05, 3.63) is 132 Å². The van der Waals surface area contributed by atoms with E-state index in [0.29, 0.717) is 49.8 Å². The van der Waals surface area contributed by atoms with Gasteiger partial charge < -0.3 is 34.2 Å². The summed E-state index contributed by atoms with van der Waals surface area (Å²) in [5, 5.41) is 16.4. The van der Waals surface area contributed by atoms with Gasteiger partial charge in [-0.15, -0.1) is 11.8 Å². The Bertz CT molecular complexity index is 3820. The van der Waals surface area contributed by atoms with Gasteiger partial charge in [-0.3, -0.25) is 42.5 Å². The number of esters is 2. The summed E-state index contributed by atoms with van der Waals surface area (Å²) < 4.78 is 66.7. The predicted octanol–water partition coefficient (Wildman–Crippen LogP) is 10.9. The van der Waals surface area contributed by atoms with Crippen LogP contribution in [0.1, 0.15) is 111 Å². The Labute approximate surface area is 564 Å². The molecule has 7 rings (SSSR count). The van der Waals surface area contributed by atoms with Crippen LogP contribution >= 0.6 is 35.5 Å². The molecule has 4 aromatic rings. The lowest BCUT2D eigenvalue weighted by Crippen LogP contribution is -2.43.